The van der Waals surface area contributed by atoms with Gasteiger partial charge in [-0.25, -0.2) is 4.79 Å². The van der Waals surface area contributed by atoms with E-state index in [1.807, 2.05) is 37.3 Å². The van der Waals surface area contributed by atoms with Crippen molar-refractivity contribution < 1.29 is 24.1 Å². The first-order valence-electron chi connectivity index (χ1n) is 7.88. The molecule has 5 heteroatoms. The van der Waals surface area contributed by atoms with E-state index in [1.54, 1.807) is 24.3 Å². The van der Waals surface area contributed by atoms with Crippen molar-refractivity contribution in [2.45, 2.75) is 19.6 Å². The number of aliphatic hydroxyl groups is 1. The van der Waals surface area contributed by atoms with E-state index >= 15 is 0 Å². The maximum Gasteiger partial charge on any atom is 0.338 e. The molecule has 0 saturated carbocycles. The van der Waals surface area contributed by atoms with Crippen LogP contribution in [0.5, 0.6) is 5.75 Å². The molecule has 0 aromatic heterocycles. The molecule has 0 heterocycles. The van der Waals surface area contributed by atoms with Crippen molar-refractivity contribution in [1.29, 1.82) is 0 Å². The summed E-state index contributed by atoms with van der Waals surface area (Å²) in [5, 5.41) is 9.64. The number of aliphatic hydroxyl groups excluding tert-OH is 1. The molecule has 2 aromatic rings. The molecule has 5 nitrogen and oxygen atoms in total. The van der Waals surface area contributed by atoms with Crippen LogP contribution in [-0.4, -0.2) is 37.0 Å². The number of carbonyl (C=O) groups is 1. The van der Waals surface area contributed by atoms with Gasteiger partial charge in [0.05, 0.1) is 12.2 Å². The lowest BCUT2D eigenvalue weighted by molar-refractivity contribution is 0.0164. The number of ether oxygens (including phenoxy) is 3. The molecule has 2 aromatic carbocycles. The number of rotatable bonds is 9. The smallest absolute Gasteiger partial charge is 0.338 e. The summed E-state index contributed by atoms with van der Waals surface area (Å²) in [5.41, 5.74) is 1.39. The van der Waals surface area contributed by atoms with Crippen LogP contribution in [0.4, 0.5) is 0 Å². The molecule has 0 aliphatic heterocycles. The first kappa shape index (κ1) is 18.0. The van der Waals surface area contributed by atoms with Crippen LogP contribution >= 0.6 is 0 Å². The van der Waals surface area contributed by atoms with Crippen molar-refractivity contribution in [2.24, 2.45) is 0 Å². The fourth-order valence-corrected chi connectivity index (χ4v) is 1.99. The molecule has 1 atom stereocenters. The maximum absolute atomic E-state index is 12.0. The second-order valence-electron chi connectivity index (χ2n) is 5.21. The molecule has 2 rings (SSSR count). The highest BCUT2D eigenvalue weighted by Gasteiger charge is 2.09. The second kappa shape index (κ2) is 9.70. The molecule has 0 radical (unpaired) electrons. The van der Waals surface area contributed by atoms with Crippen molar-refractivity contribution >= 4 is 5.97 Å². The lowest BCUT2D eigenvalue weighted by atomic mass is 10.2. The highest BCUT2D eigenvalue weighted by molar-refractivity contribution is 5.89. The van der Waals surface area contributed by atoms with E-state index in [4.69, 9.17) is 14.2 Å². The summed E-state index contributed by atoms with van der Waals surface area (Å²) in [6.07, 6.45) is -0.680. The van der Waals surface area contributed by atoms with Gasteiger partial charge in [0.25, 0.3) is 0 Å². The molecule has 0 saturated heterocycles. The zero-order valence-corrected chi connectivity index (χ0v) is 13.7. The highest BCUT2D eigenvalue weighted by Crippen LogP contribution is 2.14. The Bertz CT molecular complexity index is 609. The lowest BCUT2D eigenvalue weighted by Crippen LogP contribution is -2.23. The Kier molecular flexibility index (Phi) is 7.26. The first-order valence-corrected chi connectivity index (χ1v) is 7.88. The molecule has 1 N–H and O–H groups in total. The van der Waals surface area contributed by atoms with Gasteiger partial charge in [0.2, 0.25) is 0 Å². The van der Waals surface area contributed by atoms with Crippen LogP contribution in [0.15, 0.2) is 54.6 Å². The number of carbonyl (C=O) groups excluding carboxylic acids is 1. The normalized spacial score (nSPS) is 11.8. The predicted molar refractivity (Wildman–Crippen MR) is 90.0 cm³/mol. The Morgan fingerprint density at radius 2 is 1.75 bits per heavy atom. The van der Waals surface area contributed by atoms with E-state index in [0.717, 1.165) is 5.56 Å². The van der Waals surface area contributed by atoms with Crippen LogP contribution < -0.4 is 4.74 Å². The quantitative estimate of drug-likeness (QED) is 0.716. The monoisotopic (exact) mass is 330 g/mol. The standard InChI is InChI=1S/C19H22O5/c1-2-22-13-17(20)14-23-18-10-8-16(9-11-18)19(21)24-12-15-6-4-3-5-7-15/h3-11,17,20H,2,12-14H2,1H3. The van der Waals surface area contributed by atoms with Gasteiger partial charge in [0.15, 0.2) is 0 Å². The van der Waals surface area contributed by atoms with Crippen LogP contribution in [0.2, 0.25) is 0 Å². The van der Waals surface area contributed by atoms with Crippen LogP contribution in [0.25, 0.3) is 0 Å². The van der Waals surface area contributed by atoms with Gasteiger partial charge >= 0.3 is 5.97 Å². The fourth-order valence-electron chi connectivity index (χ4n) is 1.99. The first-order chi connectivity index (χ1) is 11.7. The van der Waals surface area contributed by atoms with E-state index in [-0.39, 0.29) is 25.8 Å². The molecule has 0 aliphatic carbocycles. The molecule has 24 heavy (non-hydrogen) atoms. The Balaban J connectivity index is 1.79. The summed E-state index contributed by atoms with van der Waals surface area (Å²) >= 11 is 0. The van der Waals surface area contributed by atoms with Crippen LogP contribution in [0.3, 0.4) is 0 Å². The van der Waals surface area contributed by atoms with Crippen molar-refractivity contribution in [1.82, 2.24) is 0 Å². The average molecular weight is 330 g/mol. The predicted octanol–water partition coefficient (Wildman–Crippen LogP) is 2.82. The highest BCUT2D eigenvalue weighted by atomic mass is 16.5. The van der Waals surface area contributed by atoms with Gasteiger partial charge in [-0.3, -0.25) is 0 Å². The van der Waals surface area contributed by atoms with Gasteiger partial charge in [0.1, 0.15) is 25.1 Å². The van der Waals surface area contributed by atoms with Gasteiger partial charge in [-0.15, -0.1) is 0 Å². The zero-order chi connectivity index (χ0) is 17.2. The number of hydrogen-bond acceptors (Lipinski definition) is 5. The molecule has 0 fully saturated rings. The Morgan fingerprint density at radius 1 is 1.04 bits per heavy atom. The minimum Gasteiger partial charge on any atom is -0.491 e. The Labute approximate surface area is 141 Å². The van der Waals surface area contributed by atoms with Crippen LogP contribution in [0, 0.1) is 0 Å². The number of benzene rings is 2. The molecule has 0 amide bonds. The SMILES string of the molecule is CCOCC(O)COc1ccc(C(=O)OCc2ccccc2)cc1. The summed E-state index contributed by atoms with van der Waals surface area (Å²) in [7, 11) is 0. The van der Waals surface area contributed by atoms with E-state index in [0.29, 0.717) is 17.9 Å². The summed E-state index contributed by atoms with van der Waals surface area (Å²) in [5.74, 6) is 0.187. The topological polar surface area (TPSA) is 65.0 Å². The minimum absolute atomic E-state index is 0.137. The van der Waals surface area contributed by atoms with Crippen molar-refractivity contribution in [3.8, 4) is 5.75 Å². The summed E-state index contributed by atoms with van der Waals surface area (Å²) in [6, 6.07) is 16.1. The average Bonchev–Trinajstić information content (AvgIpc) is 2.64. The van der Waals surface area contributed by atoms with Crippen LogP contribution in [-0.2, 0) is 16.1 Å². The summed E-state index contributed by atoms with van der Waals surface area (Å²) in [4.78, 5) is 12.0. The lowest BCUT2D eigenvalue weighted by Gasteiger charge is -2.12. The Morgan fingerprint density at radius 3 is 2.42 bits per heavy atom. The third-order valence-electron chi connectivity index (χ3n) is 3.26. The number of hydrogen-bond donors (Lipinski definition) is 1. The third-order valence-corrected chi connectivity index (χ3v) is 3.26. The van der Waals surface area contributed by atoms with Crippen molar-refractivity contribution in [2.75, 3.05) is 19.8 Å². The summed E-state index contributed by atoms with van der Waals surface area (Å²) < 4.78 is 15.8. The second-order valence-corrected chi connectivity index (χ2v) is 5.21. The molecular formula is C19H22O5. The third kappa shape index (κ3) is 6.02. The molecule has 1 unspecified atom stereocenters. The van der Waals surface area contributed by atoms with E-state index < -0.39 is 6.10 Å². The number of esters is 1. The van der Waals surface area contributed by atoms with E-state index in [2.05, 4.69) is 0 Å². The largest absolute Gasteiger partial charge is 0.491 e. The maximum atomic E-state index is 12.0. The minimum atomic E-state index is -0.680. The van der Waals surface area contributed by atoms with Gasteiger partial charge in [-0.2, -0.15) is 0 Å². The molecular weight excluding hydrogens is 308 g/mol. The van der Waals surface area contributed by atoms with Gasteiger partial charge in [-0.1, -0.05) is 30.3 Å². The van der Waals surface area contributed by atoms with Gasteiger partial charge in [0, 0.05) is 6.61 Å². The van der Waals surface area contributed by atoms with Crippen LogP contribution in [0.1, 0.15) is 22.8 Å². The Hall–Kier alpha value is -2.37. The van der Waals surface area contributed by atoms with Crippen molar-refractivity contribution in [3.63, 3.8) is 0 Å². The zero-order valence-electron chi connectivity index (χ0n) is 13.7. The summed E-state index contributed by atoms with van der Waals surface area (Å²) in [6.45, 7) is 3.03. The fraction of sp³-hybridized carbons (Fsp3) is 0.316. The van der Waals surface area contributed by atoms with Crippen molar-refractivity contribution in [3.05, 3.63) is 65.7 Å². The van der Waals surface area contributed by atoms with Gasteiger partial charge in [-0.05, 0) is 36.8 Å². The van der Waals surface area contributed by atoms with E-state index in [1.165, 1.54) is 0 Å². The molecule has 0 aliphatic rings. The van der Waals surface area contributed by atoms with Gasteiger partial charge < -0.3 is 19.3 Å². The van der Waals surface area contributed by atoms with E-state index in [9.17, 15) is 9.90 Å². The molecule has 128 valence electrons. The molecule has 0 bridgehead atoms. The molecule has 0 spiro atoms.